The monoisotopic (exact) mass is 229 g/mol. The van der Waals surface area contributed by atoms with Crippen LogP contribution in [0.1, 0.15) is 18.4 Å². The van der Waals surface area contributed by atoms with Gasteiger partial charge in [-0.05, 0) is 30.5 Å². The van der Waals surface area contributed by atoms with Crippen LogP contribution in [-0.4, -0.2) is 6.61 Å². The van der Waals surface area contributed by atoms with Crippen molar-refractivity contribution in [3.05, 3.63) is 39.9 Å². The van der Waals surface area contributed by atoms with Crippen molar-refractivity contribution in [3.8, 4) is 0 Å². The predicted molar refractivity (Wildman–Crippen MR) is 60.3 cm³/mol. The maximum absolute atomic E-state index is 10.2. The zero-order valence-electron chi connectivity index (χ0n) is 7.67. The lowest BCUT2D eigenvalue weighted by Gasteiger charge is -1.97. The zero-order valence-corrected chi connectivity index (χ0v) is 9.18. The van der Waals surface area contributed by atoms with Gasteiger partial charge in [-0.15, -0.1) is 0 Å². The highest BCUT2D eigenvalue weighted by atomic mass is 35.5. The molecule has 0 atom stereocenters. The fraction of sp³-hybridized carbons (Fsp3) is 0.273. The highest BCUT2D eigenvalue weighted by Crippen LogP contribution is 2.23. The van der Waals surface area contributed by atoms with Gasteiger partial charge in [-0.25, -0.2) is 5.11 Å². The van der Waals surface area contributed by atoms with Gasteiger partial charge in [0.2, 0.25) is 0 Å². The molecule has 0 bridgehead atoms. The number of rotatable bonds is 4. The summed E-state index contributed by atoms with van der Waals surface area (Å²) in [5.41, 5.74) is 1.00. The first-order valence-electron chi connectivity index (χ1n) is 4.43. The summed E-state index contributed by atoms with van der Waals surface area (Å²) in [6, 6.07) is 5.46. The van der Waals surface area contributed by atoms with E-state index in [0.717, 1.165) is 12.0 Å². The fourth-order valence-electron chi connectivity index (χ4n) is 1.04. The van der Waals surface area contributed by atoms with Crippen LogP contribution in [0.2, 0.25) is 10.0 Å². The van der Waals surface area contributed by atoms with Crippen molar-refractivity contribution in [2.45, 2.75) is 12.8 Å². The van der Waals surface area contributed by atoms with Crippen molar-refractivity contribution in [2.24, 2.45) is 0 Å². The molecular weight excluding hydrogens is 219 g/mol. The molecule has 0 aliphatic rings. The topological polar surface area (TPSA) is 19.9 Å². The van der Waals surface area contributed by atoms with E-state index in [1.807, 2.05) is 18.2 Å². The molecule has 0 unspecified atom stereocenters. The summed E-state index contributed by atoms with van der Waals surface area (Å²) in [5.74, 6) is 0. The average Bonchev–Trinajstić information content (AvgIpc) is 2.18. The van der Waals surface area contributed by atoms with Gasteiger partial charge >= 0.3 is 0 Å². The molecule has 1 nitrogen and oxygen atoms in total. The molecule has 0 aromatic heterocycles. The van der Waals surface area contributed by atoms with E-state index in [1.165, 1.54) is 0 Å². The molecule has 0 amide bonds. The molecule has 14 heavy (non-hydrogen) atoms. The smallest absolute Gasteiger partial charge is 0.0825 e. The molecule has 1 aromatic rings. The van der Waals surface area contributed by atoms with Gasteiger partial charge in [0.05, 0.1) is 16.7 Å². The van der Waals surface area contributed by atoms with Gasteiger partial charge in [0.1, 0.15) is 0 Å². The van der Waals surface area contributed by atoms with Crippen LogP contribution in [0.3, 0.4) is 0 Å². The minimum absolute atomic E-state index is 0.0221. The highest BCUT2D eigenvalue weighted by molar-refractivity contribution is 6.42. The number of allylic oxidation sites excluding steroid dienone is 1. The van der Waals surface area contributed by atoms with Gasteiger partial charge < -0.3 is 0 Å². The molecule has 0 saturated carbocycles. The summed E-state index contributed by atoms with van der Waals surface area (Å²) < 4.78 is 0. The normalized spacial score (nSPS) is 11.1. The van der Waals surface area contributed by atoms with Crippen LogP contribution in [0.5, 0.6) is 0 Å². The van der Waals surface area contributed by atoms with E-state index in [0.29, 0.717) is 16.5 Å². The maximum Gasteiger partial charge on any atom is 0.0825 e. The average molecular weight is 230 g/mol. The van der Waals surface area contributed by atoms with Crippen LogP contribution in [0.25, 0.3) is 6.08 Å². The Kier molecular flexibility index (Phi) is 5.02. The second kappa shape index (κ2) is 6.07. The third kappa shape index (κ3) is 3.70. The van der Waals surface area contributed by atoms with E-state index >= 15 is 0 Å². The van der Waals surface area contributed by atoms with Crippen LogP contribution in [-0.2, 0) is 5.11 Å². The van der Waals surface area contributed by atoms with Crippen molar-refractivity contribution < 1.29 is 5.11 Å². The second-order valence-corrected chi connectivity index (χ2v) is 3.74. The van der Waals surface area contributed by atoms with E-state index in [9.17, 15) is 5.11 Å². The van der Waals surface area contributed by atoms with Gasteiger partial charge in [-0.1, -0.05) is 41.4 Å². The minimum atomic E-state index is -0.0221. The van der Waals surface area contributed by atoms with Crippen molar-refractivity contribution >= 4 is 29.3 Å². The summed E-state index contributed by atoms with van der Waals surface area (Å²) in [5, 5.41) is 11.3. The molecule has 0 heterocycles. The Labute approximate surface area is 94.0 Å². The lowest BCUT2D eigenvalue weighted by Crippen LogP contribution is -1.77. The van der Waals surface area contributed by atoms with E-state index < -0.39 is 0 Å². The van der Waals surface area contributed by atoms with E-state index in [4.69, 9.17) is 23.2 Å². The lowest BCUT2D eigenvalue weighted by atomic mass is 10.2. The van der Waals surface area contributed by atoms with Crippen LogP contribution in [0, 0.1) is 0 Å². The summed E-state index contributed by atoms with van der Waals surface area (Å²) in [7, 11) is 0. The highest BCUT2D eigenvalue weighted by Gasteiger charge is 1.95. The molecule has 75 valence electrons. The summed E-state index contributed by atoms with van der Waals surface area (Å²) in [6.45, 7) is -0.0221. The first kappa shape index (κ1) is 11.6. The maximum atomic E-state index is 10.2. The summed E-state index contributed by atoms with van der Waals surface area (Å²) >= 11 is 11.6. The van der Waals surface area contributed by atoms with Crippen LogP contribution >= 0.6 is 23.2 Å². The first-order chi connectivity index (χ1) is 6.74. The molecule has 1 rings (SSSR count). The number of hydrogen-bond donors (Lipinski definition) is 0. The van der Waals surface area contributed by atoms with Crippen molar-refractivity contribution in [1.82, 2.24) is 0 Å². The molecule has 3 heteroatoms. The third-order valence-corrected chi connectivity index (χ3v) is 2.51. The Morgan fingerprint density at radius 2 is 2.00 bits per heavy atom. The zero-order chi connectivity index (χ0) is 10.4. The van der Waals surface area contributed by atoms with Crippen LogP contribution in [0.4, 0.5) is 0 Å². The summed E-state index contributed by atoms with van der Waals surface area (Å²) in [4.78, 5) is 0. The molecule has 1 aromatic carbocycles. The Morgan fingerprint density at radius 3 is 2.64 bits per heavy atom. The Morgan fingerprint density at radius 1 is 1.21 bits per heavy atom. The lowest BCUT2D eigenvalue weighted by molar-refractivity contribution is 0.190. The van der Waals surface area contributed by atoms with Gasteiger partial charge in [-0.2, -0.15) is 0 Å². The molecule has 0 aliphatic heterocycles. The minimum Gasteiger partial charge on any atom is -0.237 e. The largest absolute Gasteiger partial charge is 0.237 e. The van der Waals surface area contributed by atoms with E-state index in [1.54, 1.807) is 12.1 Å². The van der Waals surface area contributed by atoms with Gasteiger partial charge in [-0.3, -0.25) is 0 Å². The molecule has 0 aliphatic carbocycles. The van der Waals surface area contributed by atoms with Crippen molar-refractivity contribution in [1.29, 1.82) is 0 Å². The van der Waals surface area contributed by atoms with E-state index in [2.05, 4.69) is 0 Å². The molecule has 0 saturated heterocycles. The van der Waals surface area contributed by atoms with Crippen molar-refractivity contribution in [2.75, 3.05) is 6.61 Å². The molecule has 1 radical (unpaired) electrons. The third-order valence-electron chi connectivity index (χ3n) is 1.77. The van der Waals surface area contributed by atoms with Gasteiger partial charge in [0, 0.05) is 0 Å². The standard InChI is InChI=1S/C11H11Cl2O/c12-10-6-5-9(8-11(10)13)4-2-1-3-7-14/h2,4-6,8H,1,3,7H2. The van der Waals surface area contributed by atoms with Crippen LogP contribution in [0.15, 0.2) is 24.3 Å². The van der Waals surface area contributed by atoms with Crippen molar-refractivity contribution in [3.63, 3.8) is 0 Å². The number of unbranched alkanes of at least 4 members (excludes halogenated alkanes) is 1. The number of benzene rings is 1. The quantitative estimate of drug-likeness (QED) is 0.690. The van der Waals surface area contributed by atoms with Gasteiger partial charge in [0.25, 0.3) is 0 Å². The molecular formula is C11H11Cl2O. The van der Waals surface area contributed by atoms with E-state index in [-0.39, 0.29) is 6.61 Å². The van der Waals surface area contributed by atoms with Crippen LogP contribution < -0.4 is 0 Å². The Bertz CT molecular complexity index is 321. The predicted octanol–water partition coefficient (Wildman–Crippen LogP) is 4.22. The summed E-state index contributed by atoms with van der Waals surface area (Å²) in [6.07, 6.45) is 5.40. The molecule has 0 N–H and O–H groups in total. The Hall–Kier alpha value is -0.500. The van der Waals surface area contributed by atoms with Gasteiger partial charge in [0.15, 0.2) is 0 Å². The second-order valence-electron chi connectivity index (χ2n) is 2.92. The Balaban J connectivity index is 2.59. The molecule has 0 fully saturated rings. The fourth-order valence-corrected chi connectivity index (χ4v) is 1.34. The number of halogens is 2. The SMILES string of the molecule is [O]CCCC=Cc1ccc(Cl)c(Cl)c1. The first-order valence-corrected chi connectivity index (χ1v) is 5.19. The number of hydrogen-bond acceptors (Lipinski definition) is 0. The molecule has 0 spiro atoms.